The molecule has 0 atom stereocenters. The molecule has 0 spiro atoms. The fourth-order valence-corrected chi connectivity index (χ4v) is 2.86. The van der Waals surface area contributed by atoms with E-state index in [1.165, 1.54) is 43.6 Å². The molecule has 0 aromatic carbocycles. The number of aromatic nitrogens is 1. The van der Waals surface area contributed by atoms with Gasteiger partial charge in [-0.05, 0) is 31.3 Å². The Morgan fingerprint density at radius 2 is 2.13 bits per heavy atom. The summed E-state index contributed by atoms with van der Waals surface area (Å²) < 4.78 is 4.21. The zero-order chi connectivity index (χ0) is 10.7. The molecule has 1 aromatic heterocycles. The van der Waals surface area contributed by atoms with Crippen LogP contribution in [-0.2, 0) is 0 Å². The zero-order valence-electron chi connectivity index (χ0n) is 8.92. The van der Waals surface area contributed by atoms with Crippen LogP contribution in [0.15, 0.2) is 0 Å². The Balaban J connectivity index is 2.06. The summed E-state index contributed by atoms with van der Waals surface area (Å²) >= 11 is 1.41. The summed E-state index contributed by atoms with van der Waals surface area (Å²) in [6.07, 6.45) is 6.41. The summed E-state index contributed by atoms with van der Waals surface area (Å²) in [6, 6.07) is 2.77. The van der Waals surface area contributed by atoms with Crippen molar-refractivity contribution in [2.75, 3.05) is 5.32 Å². The maximum absolute atomic E-state index is 8.99. The summed E-state index contributed by atoms with van der Waals surface area (Å²) in [4.78, 5) is 0. The lowest BCUT2D eigenvalue weighted by Crippen LogP contribution is -2.22. The molecule has 0 radical (unpaired) electrons. The highest BCUT2D eigenvalue weighted by Crippen LogP contribution is 2.27. The molecule has 1 heterocycles. The van der Waals surface area contributed by atoms with E-state index in [4.69, 9.17) is 5.26 Å². The van der Waals surface area contributed by atoms with Gasteiger partial charge in [0, 0.05) is 6.04 Å². The van der Waals surface area contributed by atoms with E-state index < -0.39 is 0 Å². The van der Waals surface area contributed by atoms with Crippen molar-refractivity contribution in [1.82, 2.24) is 4.37 Å². The highest BCUT2D eigenvalue weighted by Gasteiger charge is 2.17. The average Bonchev–Trinajstić information content (AvgIpc) is 2.61. The summed E-state index contributed by atoms with van der Waals surface area (Å²) in [6.45, 7) is 1.89. The molecule has 2 rings (SSSR count). The molecule has 1 aliphatic carbocycles. The summed E-state index contributed by atoms with van der Waals surface area (Å²) in [5.74, 6) is 0. The number of hydrogen-bond acceptors (Lipinski definition) is 4. The maximum Gasteiger partial charge on any atom is 0.127 e. The van der Waals surface area contributed by atoms with Crippen LogP contribution in [-0.4, -0.2) is 10.4 Å². The number of aryl methyl sites for hydroxylation is 1. The predicted molar refractivity (Wildman–Crippen MR) is 62.1 cm³/mol. The highest BCUT2D eigenvalue weighted by molar-refractivity contribution is 7.10. The molecule has 1 saturated carbocycles. The molecule has 0 unspecified atom stereocenters. The third-order valence-electron chi connectivity index (χ3n) is 2.91. The van der Waals surface area contributed by atoms with Crippen molar-refractivity contribution in [3.05, 3.63) is 11.3 Å². The Hall–Kier alpha value is -1.08. The first kappa shape index (κ1) is 10.4. The predicted octanol–water partition coefficient (Wildman–Crippen LogP) is 3.07. The van der Waals surface area contributed by atoms with E-state index in [0.29, 0.717) is 6.04 Å². The third kappa shape index (κ3) is 2.29. The number of hydrogen-bond donors (Lipinski definition) is 1. The van der Waals surface area contributed by atoms with Crippen molar-refractivity contribution in [1.29, 1.82) is 5.26 Å². The SMILES string of the molecule is Cc1nsc(NC2CCCCC2)c1C#N. The molecule has 4 heteroatoms. The van der Waals surface area contributed by atoms with Gasteiger partial charge in [-0.15, -0.1) is 0 Å². The lowest BCUT2D eigenvalue weighted by atomic mass is 9.95. The van der Waals surface area contributed by atoms with Crippen LogP contribution in [0.4, 0.5) is 5.00 Å². The second-order valence-corrected chi connectivity index (χ2v) is 4.84. The number of anilines is 1. The van der Waals surface area contributed by atoms with E-state index in [9.17, 15) is 0 Å². The summed E-state index contributed by atoms with van der Waals surface area (Å²) in [7, 11) is 0. The topological polar surface area (TPSA) is 48.7 Å². The van der Waals surface area contributed by atoms with E-state index in [-0.39, 0.29) is 0 Å². The smallest absolute Gasteiger partial charge is 0.127 e. The molecule has 80 valence electrons. The van der Waals surface area contributed by atoms with Gasteiger partial charge in [0.25, 0.3) is 0 Å². The first-order chi connectivity index (χ1) is 7.31. The van der Waals surface area contributed by atoms with E-state index in [2.05, 4.69) is 15.8 Å². The lowest BCUT2D eigenvalue weighted by molar-refractivity contribution is 0.463. The van der Waals surface area contributed by atoms with Gasteiger partial charge in [0.05, 0.1) is 5.69 Å². The maximum atomic E-state index is 8.99. The first-order valence-corrected chi connectivity index (χ1v) is 6.21. The van der Waals surface area contributed by atoms with Crippen LogP contribution in [0.3, 0.4) is 0 Å². The van der Waals surface area contributed by atoms with Gasteiger partial charge < -0.3 is 5.32 Å². The molecule has 3 nitrogen and oxygen atoms in total. The second kappa shape index (κ2) is 4.63. The Kier molecular flexibility index (Phi) is 3.22. The standard InChI is InChI=1S/C11H15N3S/c1-8-10(7-12)11(15-14-8)13-9-5-3-2-4-6-9/h9,13H,2-6H2,1H3. The Bertz CT molecular complexity index is 372. The Morgan fingerprint density at radius 1 is 1.40 bits per heavy atom. The first-order valence-electron chi connectivity index (χ1n) is 5.44. The number of nitriles is 1. The minimum atomic E-state index is 0.547. The molecule has 0 bridgehead atoms. The molecule has 1 aromatic rings. The minimum Gasteiger partial charge on any atom is -0.372 e. The molecule has 1 N–H and O–H groups in total. The van der Waals surface area contributed by atoms with Gasteiger partial charge in [0.2, 0.25) is 0 Å². The average molecular weight is 221 g/mol. The zero-order valence-corrected chi connectivity index (χ0v) is 9.73. The van der Waals surface area contributed by atoms with Crippen molar-refractivity contribution >= 4 is 16.5 Å². The number of rotatable bonds is 2. The molecule has 1 aliphatic rings. The normalized spacial score (nSPS) is 17.3. The molecule has 1 fully saturated rings. The van der Waals surface area contributed by atoms with E-state index in [1.807, 2.05) is 6.92 Å². The van der Waals surface area contributed by atoms with Gasteiger partial charge in [-0.1, -0.05) is 19.3 Å². The van der Waals surface area contributed by atoms with Crippen molar-refractivity contribution in [2.45, 2.75) is 45.1 Å². The molecular weight excluding hydrogens is 206 g/mol. The van der Waals surface area contributed by atoms with Gasteiger partial charge in [-0.3, -0.25) is 0 Å². The van der Waals surface area contributed by atoms with Crippen molar-refractivity contribution in [3.63, 3.8) is 0 Å². The largest absolute Gasteiger partial charge is 0.372 e. The third-order valence-corrected chi connectivity index (χ3v) is 3.78. The lowest BCUT2D eigenvalue weighted by Gasteiger charge is -2.22. The van der Waals surface area contributed by atoms with Crippen LogP contribution in [0.5, 0.6) is 0 Å². The summed E-state index contributed by atoms with van der Waals surface area (Å²) in [5.41, 5.74) is 1.58. The molecule has 0 saturated heterocycles. The van der Waals surface area contributed by atoms with Crippen LogP contribution < -0.4 is 5.32 Å². The van der Waals surface area contributed by atoms with E-state index in [1.54, 1.807) is 0 Å². The van der Waals surface area contributed by atoms with Crippen LogP contribution in [0, 0.1) is 18.3 Å². The minimum absolute atomic E-state index is 0.547. The van der Waals surface area contributed by atoms with Gasteiger partial charge in [-0.25, -0.2) is 0 Å². The van der Waals surface area contributed by atoms with Gasteiger partial charge in [0.15, 0.2) is 0 Å². The van der Waals surface area contributed by atoms with Crippen LogP contribution >= 0.6 is 11.5 Å². The summed E-state index contributed by atoms with van der Waals surface area (Å²) in [5, 5.41) is 13.4. The molecular formula is C11H15N3S. The van der Waals surface area contributed by atoms with Gasteiger partial charge >= 0.3 is 0 Å². The monoisotopic (exact) mass is 221 g/mol. The molecule has 15 heavy (non-hydrogen) atoms. The second-order valence-electron chi connectivity index (χ2n) is 4.06. The highest BCUT2D eigenvalue weighted by atomic mass is 32.1. The van der Waals surface area contributed by atoms with Crippen LogP contribution in [0.2, 0.25) is 0 Å². The van der Waals surface area contributed by atoms with Crippen molar-refractivity contribution < 1.29 is 0 Å². The van der Waals surface area contributed by atoms with Crippen molar-refractivity contribution in [3.8, 4) is 6.07 Å². The van der Waals surface area contributed by atoms with Crippen LogP contribution in [0.25, 0.3) is 0 Å². The van der Waals surface area contributed by atoms with Gasteiger partial charge in [-0.2, -0.15) is 9.64 Å². The molecule has 0 amide bonds. The number of nitrogens with one attached hydrogen (secondary N) is 1. The fraction of sp³-hybridized carbons (Fsp3) is 0.636. The Labute approximate surface area is 94.3 Å². The molecule has 0 aliphatic heterocycles. The van der Waals surface area contributed by atoms with E-state index >= 15 is 0 Å². The van der Waals surface area contributed by atoms with Crippen LogP contribution in [0.1, 0.15) is 43.4 Å². The number of nitrogens with zero attached hydrogens (tertiary/aromatic N) is 2. The quantitative estimate of drug-likeness (QED) is 0.835. The Morgan fingerprint density at radius 3 is 2.80 bits per heavy atom. The van der Waals surface area contributed by atoms with Gasteiger partial charge in [0.1, 0.15) is 16.6 Å². The van der Waals surface area contributed by atoms with E-state index in [0.717, 1.165) is 16.3 Å². The van der Waals surface area contributed by atoms with Crippen molar-refractivity contribution in [2.24, 2.45) is 0 Å². The fourth-order valence-electron chi connectivity index (χ4n) is 2.03.